The minimum absolute atomic E-state index is 0.0772. The summed E-state index contributed by atoms with van der Waals surface area (Å²) in [5.74, 6) is -0.341. The molecule has 0 radical (unpaired) electrons. The number of rotatable bonds is 10. The van der Waals surface area contributed by atoms with Crippen LogP contribution in [-0.4, -0.2) is 39.1 Å². The number of hydrogen-bond donors (Lipinski definition) is 2. The van der Waals surface area contributed by atoms with Crippen LogP contribution in [0.15, 0.2) is 78.9 Å². The smallest absolute Gasteiger partial charge is 0.253 e. The summed E-state index contributed by atoms with van der Waals surface area (Å²) in [4.78, 5) is 25.2. The number of nitrogens with zero attached hydrogens (tertiary/aromatic N) is 1. The molecule has 0 fully saturated rings. The number of para-hydroxylation sites is 1. The quantitative estimate of drug-likeness (QED) is 0.445. The average Bonchev–Trinajstić information content (AvgIpc) is 2.81. The number of carbonyl (C=O) groups is 2. The normalized spacial score (nSPS) is 11.1. The summed E-state index contributed by atoms with van der Waals surface area (Å²) >= 11 is 0. The first kappa shape index (κ1) is 25.8. The van der Waals surface area contributed by atoms with E-state index in [1.807, 2.05) is 44.2 Å². The summed E-state index contributed by atoms with van der Waals surface area (Å²) in [5.41, 5.74) is 1.92. The van der Waals surface area contributed by atoms with Crippen molar-refractivity contribution in [3.8, 4) is 5.75 Å². The van der Waals surface area contributed by atoms with Gasteiger partial charge in [-0.2, -0.15) is 0 Å². The van der Waals surface area contributed by atoms with Crippen LogP contribution in [0.2, 0.25) is 0 Å². The van der Waals surface area contributed by atoms with Crippen molar-refractivity contribution in [3.05, 3.63) is 90.0 Å². The molecule has 0 aromatic heterocycles. The standard InChI is InChI=1S/C26H29N3O5S/c1-19(2)27-26(31)23-11-7-8-12-24(23)28-25(30)17-29(35(3,32)33)21-13-15-22(16-14-21)34-18-20-9-5-4-6-10-20/h4-16,19H,17-18H2,1-3H3,(H,27,31)(H,28,30). The molecule has 2 amide bonds. The minimum atomic E-state index is -3.76. The number of carbonyl (C=O) groups excluding carboxylic acids is 2. The Morgan fingerprint density at radius 3 is 2.17 bits per heavy atom. The van der Waals surface area contributed by atoms with Gasteiger partial charge in [-0.05, 0) is 55.8 Å². The molecule has 0 unspecified atom stereocenters. The third-order valence-corrected chi connectivity index (χ3v) is 6.07. The van der Waals surface area contributed by atoms with Crippen LogP contribution in [0.5, 0.6) is 5.75 Å². The van der Waals surface area contributed by atoms with Crippen molar-refractivity contribution in [2.75, 3.05) is 22.4 Å². The Balaban J connectivity index is 1.71. The third kappa shape index (κ3) is 7.58. The largest absolute Gasteiger partial charge is 0.489 e. The molecule has 8 nitrogen and oxygen atoms in total. The lowest BCUT2D eigenvalue weighted by Crippen LogP contribution is -2.38. The monoisotopic (exact) mass is 495 g/mol. The Labute approximate surface area is 206 Å². The van der Waals surface area contributed by atoms with E-state index in [1.54, 1.807) is 48.5 Å². The van der Waals surface area contributed by atoms with Crippen LogP contribution >= 0.6 is 0 Å². The first-order valence-corrected chi connectivity index (χ1v) is 12.9. The first-order chi connectivity index (χ1) is 16.6. The van der Waals surface area contributed by atoms with E-state index in [-0.39, 0.29) is 11.9 Å². The van der Waals surface area contributed by atoms with E-state index in [4.69, 9.17) is 4.74 Å². The second-order valence-corrected chi connectivity index (χ2v) is 10.2. The molecule has 0 aliphatic carbocycles. The number of anilines is 2. The SMILES string of the molecule is CC(C)NC(=O)c1ccccc1NC(=O)CN(c1ccc(OCc2ccccc2)cc1)S(C)(=O)=O. The highest BCUT2D eigenvalue weighted by atomic mass is 32.2. The molecule has 0 aliphatic rings. The second-order valence-electron chi connectivity index (χ2n) is 8.26. The molecule has 0 bridgehead atoms. The van der Waals surface area contributed by atoms with E-state index in [2.05, 4.69) is 10.6 Å². The van der Waals surface area contributed by atoms with Crippen LogP contribution < -0.4 is 19.7 Å². The maximum absolute atomic E-state index is 12.8. The molecule has 3 aromatic carbocycles. The number of hydrogen-bond acceptors (Lipinski definition) is 5. The fraction of sp³-hybridized carbons (Fsp3) is 0.231. The first-order valence-electron chi connectivity index (χ1n) is 11.1. The maximum atomic E-state index is 12.8. The van der Waals surface area contributed by atoms with Crippen molar-refractivity contribution in [3.63, 3.8) is 0 Å². The molecule has 2 N–H and O–H groups in total. The number of nitrogens with one attached hydrogen (secondary N) is 2. The molecule has 0 atom stereocenters. The van der Waals surface area contributed by atoms with Crippen molar-refractivity contribution in [1.29, 1.82) is 0 Å². The molecule has 0 heterocycles. The van der Waals surface area contributed by atoms with Crippen molar-refractivity contribution in [2.45, 2.75) is 26.5 Å². The van der Waals surface area contributed by atoms with Gasteiger partial charge in [0.25, 0.3) is 5.91 Å². The maximum Gasteiger partial charge on any atom is 0.253 e. The van der Waals surface area contributed by atoms with E-state index in [0.29, 0.717) is 29.3 Å². The van der Waals surface area contributed by atoms with Crippen molar-refractivity contribution in [2.24, 2.45) is 0 Å². The highest BCUT2D eigenvalue weighted by Crippen LogP contribution is 2.23. The van der Waals surface area contributed by atoms with Gasteiger partial charge in [-0.25, -0.2) is 8.42 Å². The van der Waals surface area contributed by atoms with Crippen LogP contribution in [0, 0.1) is 0 Å². The predicted molar refractivity (Wildman–Crippen MR) is 137 cm³/mol. The van der Waals surface area contributed by atoms with E-state index in [0.717, 1.165) is 16.1 Å². The zero-order chi connectivity index (χ0) is 25.4. The van der Waals surface area contributed by atoms with Gasteiger partial charge < -0.3 is 15.4 Å². The molecule has 9 heteroatoms. The lowest BCUT2D eigenvalue weighted by atomic mass is 10.1. The summed E-state index contributed by atoms with van der Waals surface area (Å²) in [6.45, 7) is 3.59. The van der Waals surface area contributed by atoms with Gasteiger partial charge in [-0.15, -0.1) is 0 Å². The van der Waals surface area contributed by atoms with E-state index in [9.17, 15) is 18.0 Å². The Hall–Kier alpha value is -3.85. The van der Waals surface area contributed by atoms with Gasteiger partial charge in [-0.3, -0.25) is 13.9 Å². The average molecular weight is 496 g/mol. The predicted octanol–water partition coefficient (Wildman–Crippen LogP) is 3.81. The van der Waals surface area contributed by atoms with E-state index in [1.165, 1.54) is 0 Å². The van der Waals surface area contributed by atoms with Gasteiger partial charge in [0, 0.05) is 6.04 Å². The van der Waals surface area contributed by atoms with Crippen LogP contribution in [0.3, 0.4) is 0 Å². The molecule has 3 rings (SSSR count). The summed E-state index contributed by atoms with van der Waals surface area (Å²) in [6, 6.07) is 22.6. The van der Waals surface area contributed by atoms with Crippen molar-refractivity contribution in [1.82, 2.24) is 5.32 Å². The van der Waals surface area contributed by atoms with Crippen molar-refractivity contribution < 1.29 is 22.7 Å². The Morgan fingerprint density at radius 1 is 0.914 bits per heavy atom. The van der Waals surface area contributed by atoms with Gasteiger partial charge in [0.15, 0.2) is 0 Å². The summed E-state index contributed by atoms with van der Waals surface area (Å²) in [5, 5.41) is 5.44. The molecule has 0 saturated heterocycles. The Morgan fingerprint density at radius 2 is 1.54 bits per heavy atom. The van der Waals surface area contributed by atoms with Gasteiger partial charge in [-0.1, -0.05) is 42.5 Å². The molecule has 0 spiro atoms. The zero-order valence-corrected chi connectivity index (χ0v) is 20.7. The fourth-order valence-corrected chi connectivity index (χ4v) is 4.16. The molecule has 3 aromatic rings. The van der Waals surface area contributed by atoms with Crippen LogP contribution in [0.25, 0.3) is 0 Å². The van der Waals surface area contributed by atoms with E-state index < -0.39 is 22.5 Å². The highest BCUT2D eigenvalue weighted by Gasteiger charge is 2.22. The van der Waals surface area contributed by atoms with Crippen molar-refractivity contribution >= 4 is 33.2 Å². The molecule has 0 aliphatic heterocycles. The summed E-state index contributed by atoms with van der Waals surface area (Å²) < 4.78 is 31.7. The fourth-order valence-electron chi connectivity index (χ4n) is 3.30. The molecule has 184 valence electrons. The second kappa shape index (κ2) is 11.5. The third-order valence-electron chi connectivity index (χ3n) is 4.93. The van der Waals surface area contributed by atoms with Gasteiger partial charge in [0.05, 0.1) is 23.2 Å². The lowest BCUT2D eigenvalue weighted by molar-refractivity contribution is -0.114. The molecular formula is C26H29N3O5S. The summed E-state index contributed by atoms with van der Waals surface area (Å²) in [7, 11) is -3.76. The van der Waals surface area contributed by atoms with E-state index >= 15 is 0 Å². The Bertz CT molecular complexity index is 1260. The Kier molecular flexibility index (Phi) is 8.48. The molecule has 0 saturated carbocycles. The minimum Gasteiger partial charge on any atom is -0.489 e. The van der Waals surface area contributed by atoms with Crippen LogP contribution in [0.4, 0.5) is 11.4 Å². The van der Waals surface area contributed by atoms with Gasteiger partial charge >= 0.3 is 0 Å². The number of ether oxygens (including phenoxy) is 1. The lowest BCUT2D eigenvalue weighted by Gasteiger charge is -2.22. The number of sulfonamides is 1. The van der Waals surface area contributed by atoms with Crippen LogP contribution in [-0.2, 0) is 21.4 Å². The molecular weight excluding hydrogens is 466 g/mol. The number of amides is 2. The summed E-state index contributed by atoms with van der Waals surface area (Å²) in [6.07, 6.45) is 1.03. The molecule has 35 heavy (non-hydrogen) atoms. The van der Waals surface area contributed by atoms with Gasteiger partial charge in [0.1, 0.15) is 18.9 Å². The highest BCUT2D eigenvalue weighted by molar-refractivity contribution is 7.92. The van der Waals surface area contributed by atoms with Crippen LogP contribution in [0.1, 0.15) is 29.8 Å². The number of benzene rings is 3. The topological polar surface area (TPSA) is 105 Å². The zero-order valence-electron chi connectivity index (χ0n) is 19.9. The van der Waals surface area contributed by atoms with Gasteiger partial charge in [0.2, 0.25) is 15.9 Å².